The molecule has 86 valence electrons. The Hall–Kier alpha value is -0.570. The number of hydrogen-bond donors (Lipinski definition) is 1. The van der Waals surface area contributed by atoms with Crippen LogP contribution in [0.2, 0.25) is 0 Å². The highest BCUT2D eigenvalue weighted by molar-refractivity contribution is 5.77. The molecule has 3 atom stereocenters. The molecular formula is C12H22N2O. The van der Waals surface area contributed by atoms with Crippen LogP contribution >= 0.6 is 0 Å². The van der Waals surface area contributed by atoms with E-state index in [0.29, 0.717) is 23.9 Å². The van der Waals surface area contributed by atoms with E-state index in [1.807, 2.05) is 0 Å². The Morgan fingerprint density at radius 2 is 2.27 bits per heavy atom. The first kappa shape index (κ1) is 10.9. The molecule has 2 saturated heterocycles. The molecule has 2 heterocycles. The molecule has 2 aliphatic rings. The van der Waals surface area contributed by atoms with Gasteiger partial charge >= 0.3 is 0 Å². The molecule has 3 unspecified atom stereocenters. The van der Waals surface area contributed by atoms with Crippen molar-refractivity contribution in [1.29, 1.82) is 0 Å². The maximum Gasteiger partial charge on any atom is 0.223 e. The zero-order chi connectivity index (χ0) is 10.8. The molecule has 1 amide bonds. The lowest BCUT2D eigenvalue weighted by molar-refractivity contribution is -0.133. The van der Waals surface area contributed by atoms with Crippen molar-refractivity contribution >= 4 is 5.91 Å². The van der Waals surface area contributed by atoms with E-state index >= 15 is 0 Å². The van der Waals surface area contributed by atoms with Crippen molar-refractivity contribution < 1.29 is 4.79 Å². The summed E-state index contributed by atoms with van der Waals surface area (Å²) in [5.74, 6) is 1.09. The van der Waals surface area contributed by atoms with Crippen molar-refractivity contribution in [3.05, 3.63) is 0 Å². The van der Waals surface area contributed by atoms with Crippen LogP contribution in [-0.2, 0) is 4.79 Å². The summed E-state index contributed by atoms with van der Waals surface area (Å²) in [6, 6.07) is 0.954. The molecule has 0 aromatic carbocycles. The second kappa shape index (κ2) is 4.52. The van der Waals surface area contributed by atoms with Gasteiger partial charge in [-0.15, -0.1) is 0 Å². The highest BCUT2D eigenvalue weighted by atomic mass is 16.2. The Morgan fingerprint density at radius 3 is 3.00 bits per heavy atom. The van der Waals surface area contributed by atoms with Crippen molar-refractivity contribution in [2.45, 2.75) is 51.6 Å². The van der Waals surface area contributed by atoms with Crippen LogP contribution in [0.1, 0.15) is 39.5 Å². The molecule has 1 N–H and O–H groups in total. The van der Waals surface area contributed by atoms with Crippen molar-refractivity contribution in [3.63, 3.8) is 0 Å². The number of carbonyl (C=O) groups is 1. The van der Waals surface area contributed by atoms with Crippen LogP contribution in [0.25, 0.3) is 0 Å². The van der Waals surface area contributed by atoms with E-state index in [1.54, 1.807) is 0 Å². The molecule has 3 nitrogen and oxygen atoms in total. The van der Waals surface area contributed by atoms with Gasteiger partial charge in [0, 0.05) is 31.6 Å². The smallest absolute Gasteiger partial charge is 0.223 e. The fraction of sp³-hybridized carbons (Fsp3) is 0.917. The number of fused-ring (bicyclic) bond motifs is 1. The Balaban J connectivity index is 1.97. The highest BCUT2D eigenvalue weighted by Crippen LogP contribution is 2.32. The van der Waals surface area contributed by atoms with Crippen LogP contribution in [0.15, 0.2) is 0 Å². The van der Waals surface area contributed by atoms with E-state index < -0.39 is 0 Å². The monoisotopic (exact) mass is 210 g/mol. The first-order valence-corrected chi connectivity index (χ1v) is 6.26. The van der Waals surface area contributed by atoms with Gasteiger partial charge in [0.25, 0.3) is 0 Å². The number of likely N-dealkylation sites (tertiary alicyclic amines) is 1. The average molecular weight is 210 g/mol. The standard InChI is InChI=1S/C12H22N2O/c1-3-4-5-12(15)14-9(2)6-10-7-13-8-11(10)14/h9-11,13H,3-8H2,1-2H3. The summed E-state index contributed by atoms with van der Waals surface area (Å²) in [6.45, 7) is 6.45. The van der Waals surface area contributed by atoms with Crippen LogP contribution in [0.5, 0.6) is 0 Å². The Kier molecular flexibility index (Phi) is 3.29. The van der Waals surface area contributed by atoms with E-state index in [1.165, 1.54) is 6.42 Å². The summed E-state index contributed by atoms with van der Waals surface area (Å²) in [5, 5.41) is 3.39. The summed E-state index contributed by atoms with van der Waals surface area (Å²) in [4.78, 5) is 14.2. The predicted octanol–water partition coefficient (Wildman–Crippen LogP) is 1.39. The van der Waals surface area contributed by atoms with Crippen molar-refractivity contribution in [1.82, 2.24) is 10.2 Å². The summed E-state index contributed by atoms with van der Waals surface area (Å²) in [5.41, 5.74) is 0. The molecule has 0 aromatic rings. The molecule has 2 fully saturated rings. The number of carbonyl (C=O) groups excluding carboxylic acids is 1. The van der Waals surface area contributed by atoms with Gasteiger partial charge in [-0.25, -0.2) is 0 Å². The number of nitrogens with zero attached hydrogens (tertiary/aromatic N) is 1. The number of nitrogens with one attached hydrogen (secondary N) is 1. The van der Waals surface area contributed by atoms with Crippen molar-refractivity contribution in [2.24, 2.45) is 5.92 Å². The first-order chi connectivity index (χ1) is 7.24. The van der Waals surface area contributed by atoms with Crippen LogP contribution in [0, 0.1) is 5.92 Å². The van der Waals surface area contributed by atoms with Gasteiger partial charge in [-0.05, 0) is 25.7 Å². The third kappa shape index (κ3) is 2.03. The molecule has 0 saturated carbocycles. The molecule has 0 bridgehead atoms. The normalized spacial score (nSPS) is 34.5. The quantitative estimate of drug-likeness (QED) is 0.763. The summed E-state index contributed by atoms with van der Waals surface area (Å²) < 4.78 is 0. The van der Waals surface area contributed by atoms with E-state index in [-0.39, 0.29) is 0 Å². The summed E-state index contributed by atoms with van der Waals surface area (Å²) in [7, 11) is 0. The third-order valence-electron chi connectivity index (χ3n) is 3.81. The summed E-state index contributed by atoms with van der Waals surface area (Å²) >= 11 is 0. The molecule has 0 radical (unpaired) electrons. The second-order valence-corrected chi connectivity index (χ2v) is 4.97. The molecule has 0 aromatic heterocycles. The molecular weight excluding hydrogens is 188 g/mol. The van der Waals surface area contributed by atoms with Gasteiger partial charge in [-0.3, -0.25) is 4.79 Å². The molecule has 3 heteroatoms. The molecule has 2 rings (SSSR count). The maximum absolute atomic E-state index is 12.1. The largest absolute Gasteiger partial charge is 0.335 e. The highest BCUT2D eigenvalue weighted by Gasteiger charge is 2.43. The lowest BCUT2D eigenvalue weighted by atomic mass is 10.0. The van der Waals surface area contributed by atoms with Gasteiger partial charge in [-0.1, -0.05) is 13.3 Å². The van der Waals surface area contributed by atoms with Gasteiger partial charge in [0.05, 0.1) is 0 Å². The lowest BCUT2D eigenvalue weighted by Crippen LogP contribution is -2.42. The van der Waals surface area contributed by atoms with E-state index in [9.17, 15) is 4.79 Å². The molecule has 0 aliphatic carbocycles. The summed E-state index contributed by atoms with van der Waals surface area (Å²) in [6.07, 6.45) is 4.08. The van der Waals surface area contributed by atoms with Gasteiger partial charge in [0.2, 0.25) is 5.91 Å². The fourth-order valence-corrected chi connectivity index (χ4v) is 3.05. The maximum atomic E-state index is 12.1. The SMILES string of the molecule is CCCCC(=O)N1C(C)CC2CNCC21. The van der Waals surface area contributed by atoms with Gasteiger partial charge < -0.3 is 10.2 Å². The van der Waals surface area contributed by atoms with E-state index in [2.05, 4.69) is 24.1 Å². The van der Waals surface area contributed by atoms with Crippen molar-refractivity contribution in [3.8, 4) is 0 Å². The molecule has 15 heavy (non-hydrogen) atoms. The average Bonchev–Trinajstić information content (AvgIpc) is 2.73. The predicted molar refractivity (Wildman–Crippen MR) is 60.6 cm³/mol. The Morgan fingerprint density at radius 1 is 1.47 bits per heavy atom. The van der Waals surface area contributed by atoms with Gasteiger partial charge in [0.15, 0.2) is 0 Å². The van der Waals surface area contributed by atoms with Gasteiger partial charge in [-0.2, -0.15) is 0 Å². The van der Waals surface area contributed by atoms with Gasteiger partial charge in [0.1, 0.15) is 0 Å². The van der Waals surface area contributed by atoms with E-state index in [4.69, 9.17) is 0 Å². The fourth-order valence-electron chi connectivity index (χ4n) is 3.05. The van der Waals surface area contributed by atoms with E-state index in [0.717, 1.165) is 32.4 Å². The lowest BCUT2D eigenvalue weighted by Gasteiger charge is -2.27. The number of hydrogen-bond acceptors (Lipinski definition) is 2. The van der Waals surface area contributed by atoms with Crippen LogP contribution < -0.4 is 5.32 Å². The Bertz CT molecular complexity index is 242. The second-order valence-electron chi connectivity index (χ2n) is 4.97. The number of amides is 1. The molecule has 2 aliphatic heterocycles. The zero-order valence-electron chi connectivity index (χ0n) is 9.83. The zero-order valence-corrected chi connectivity index (χ0v) is 9.83. The topological polar surface area (TPSA) is 32.3 Å². The minimum atomic E-state index is 0.376. The number of unbranched alkanes of at least 4 members (excludes halogenated alkanes) is 1. The minimum absolute atomic E-state index is 0.376. The third-order valence-corrected chi connectivity index (χ3v) is 3.81. The van der Waals surface area contributed by atoms with Crippen LogP contribution in [0.3, 0.4) is 0 Å². The first-order valence-electron chi connectivity index (χ1n) is 6.26. The van der Waals surface area contributed by atoms with Crippen LogP contribution in [0.4, 0.5) is 0 Å². The van der Waals surface area contributed by atoms with Crippen LogP contribution in [-0.4, -0.2) is 36.0 Å². The minimum Gasteiger partial charge on any atom is -0.335 e. The number of rotatable bonds is 3. The van der Waals surface area contributed by atoms with Crippen molar-refractivity contribution in [2.75, 3.05) is 13.1 Å². The Labute approximate surface area is 92.2 Å². The molecule has 0 spiro atoms.